The van der Waals surface area contributed by atoms with Crippen LogP contribution in [0.15, 0.2) is 42.6 Å². The van der Waals surface area contributed by atoms with Gasteiger partial charge in [-0.2, -0.15) is 9.61 Å². The lowest BCUT2D eigenvalue weighted by atomic mass is 9.85. The monoisotopic (exact) mass is 420 g/mol. The van der Waals surface area contributed by atoms with E-state index in [1.54, 1.807) is 0 Å². The fourth-order valence-corrected chi connectivity index (χ4v) is 4.53. The van der Waals surface area contributed by atoms with Crippen LogP contribution in [0.4, 0.5) is 11.6 Å². The van der Waals surface area contributed by atoms with Crippen molar-refractivity contribution in [2.75, 3.05) is 23.7 Å². The molecule has 1 fully saturated rings. The smallest absolute Gasteiger partial charge is 0.163 e. The van der Waals surface area contributed by atoms with Crippen LogP contribution < -0.4 is 16.4 Å². The Kier molecular flexibility index (Phi) is 7.77. The average Bonchev–Trinajstić information content (AvgIpc) is 3.25. The van der Waals surface area contributed by atoms with Gasteiger partial charge in [-0.15, -0.1) is 0 Å². The topological polar surface area (TPSA) is 80.3 Å². The number of anilines is 2. The Balaban J connectivity index is 1.53. The van der Waals surface area contributed by atoms with E-state index in [2.05, 4.69) is 41.0 Å². The second kappa shape index (κ2) is 11.1. The van der Waals surface area contributed by atoms with Crippen molar-refractivity contribution < 1.29 is 0 Å². The van der Waals surface area contributed by atoms with E-state index in [0.29, 0.717) is 5.92 Å². The summed E-state index contributed by atoms with van der Waals surface area (Å²) in [5.41, 5.74) is 9.15. The van der Waals surface area contributed by atoms with Gasteiger partial charge in [-0.25, -0.2) is 4.98 Å². The molecule has 1 saturated carbocycles. The summed E-state index contributed by atoms with van der Waals surface area (Å²) in [4.78, 5) is 4.99. The fraction of sp³-hybridized carbons (Fsp3) is 0.520. The van der Waals surface area contributed by atoms with Gasteiger partial charge < -0.3 is 16.4 Å². The number of rotatable bonds is 11. The van der Waals surface area contributed by atoms with Gasteiger partial charge in [-0.1, -0.05) is 62.4 Å². The van der Waals surface area contributed by atoms with Crippen LogP contribution >= 0.6 is 0 Å². The molecule has 6 nitrogen and oxygen atoms in total. The zero-order chi connectivity index (χ0) is 21.3. The van der Waals surface area contributed by atoms with Gasteiger partial charge >= 0.3 is 0 Å². The second-order valence-electron chi connectivity index (χ2n) is 8.67. The number of nitrogens with one attached hydrogen (secondary N) is 2. The van der Waals surface area contributed by atoms with Gasteiger partial charge in [0.25, 0.3) is 0 Å². The Hall–Kier alpha value is -2.60. The van der Waals surface area contributed by atoms with Gasteiger partial charge in [-0.05, 0) is 43.7 Å². The number of hydrogen-bond acceptors (Lipinski definition) is 5. The zero-order valence-electron chi connectivity index (χ0n) is 18.5. The Bertz CT molecular complexity index is 930. The normalized spacial score (nSPS) is 14.7. The third-order valence-electron chi connectivity index (χ3n) is 6.30. The summed E-state index contributed by atoms with van der Waals surface area (Å²) in [7, 11) is 0. The van der Waals surface area contributed by atoms with Crippen molar-refractivity contribution >= 4 is 17.3 Å². The van der Waals surface area contributed by atoms with Crippen LogP contribution in [0.5, 0.6) is 0 Å². The molecule has 0 radical (unpaired) electrons. The molecule has 0 amide bonds. The molecule has 0 unspecified atom stereocenters. The van der Waals surface area contributed by atoms with Crippen molar-refractivity contribution in [2.24, 2.45) is 5.73 Å². The van der Waals surface area contributed by atoms with Crippen LogP contribution in [0.1, 0.15) is 74.8 Å². The molecule has 31 heavy (non-hydrogen) atoms. The highest BCUT2D eigenvalue weighted by atomic mass is 15.3. The van der Waals surface area contributed by atoms with E-state index in [1.807, 2.05) is 16.8 Å². The molecular formula is C25H36N6. The quantitative estimate of drug-likeness (QED) is 0.366. The first-order chi connectivity index (χ1) is 15.3. The van der Waals surface area contributed by atoms with Crippen LogP contribution in [0, 0.1) is 0 Å². The highest BCUT2D eigenvalue weighted by Gasteiger charge is 2.21. The molecule has 166 valence electrons. The molecule has 1 aliphatic rings. The summed E-state index contributed by atoms with van der Waals surface area (Å²) in [6.07, 6.45) is 13.1. The van der Waals surface area contributed by atoms with E-state index >= 15 is 0 Å². The second-order valence-corrected chi connectivity index (χ2v) is 8.67. The third-order valence-corrected chi connectivity index (χ3v) is 6.30. The summed E-state index contributed by atoms with van der Waals surface area (Å²) in [5.74, 6) is 2.49. The van der Waals surface area contributed by atoms with E-state index in [9.17, 15) is 0 Å². The lowest BCUT2D eigenvalue weighted by Gasteiger charge is -2.20. The molecule has 4 N–H and O–H groups in total. The molecule has 1 aliphatic carbocycles. The highest BCUT2D eigenvalue weighted by molar-refractivity contribution is 5.61. The molecule has 0 spiro atoms. The van der Waals surface area contributed by atoms with Gasteiger partial charge in [0.2, 0.25) is 0 Å². The number of benzene rings is 1. The van der Waals surface area contributed by atoms with E-state index < -0.39 is 0 Å². The number of nitrogens with two attached hydrogens (primary N) is 1. The Morgan fingerprint density at radius 1 is 0.968 bits per heavy atom. The number of fused-ring (bicyclic) bond motifs is 1. The van der Waals surface area contributed by atoms with Gasteiger partial charge in [0, 0.05) is 24.7 Å². The molecule has 0 bridgehead atoms. The van der Waals surface area contributed by atoms with E-state index in [-0.39, 0.29) is 0 Å². The molecule has 6 heteroatoms. The van der Waals surface area contributed by atoms with Crippen molar-refractivity contribution in [1.29, 1.82) is 0 Å². The largest absolute Gasteiger partial charge is 0.370 e. The first kappa shape index (κ1) is 21.6. The van der Waals surface area contributed by atoms with Gasteiger partial charge in [0.05, 0.1) is 6.20 Å². The maximum Gasteiger partial charge on any atom is 0.163 e. The number of aromatic nitrogens is 3. The SMILES string of the molecule is NCCCCCCNc1cc(NCc2ccccc2)n2ncc(C3CCCCC3)c2n1. The minimum absolute atomic E-state index is 0.576. The number of hydrogen-bond donors (Lipinski definition) is 3. The van der Waals surface area contributed by atoms with E-state index in [1.165, 1.54) is 56.1 Å². The average molecular weight is 421 g/mol. The van der Waals surface area contributed by atoms with Crippen molar-refractivity contribution in [3.8, 4) is 0 Å². The molecule has 2 heterocycles. The van der Waals surface area contributed by atoms with Crippen LogP contribution in [0.2, 0.25) is 0 Å². The molecule has 0 saturated heterocycles. The molecule has 0 aliphatic heterocycles. The summed E-state index contributed by atoms with van der Waals surface area (Å²) < 4.78 is 1.99. The first-order valence-electron chi connectivity index (χ1n) is 12.0. The highest BCUT2D eigenvalue weighted by Crippen LogP contribution is 2.35. The fourth-order valence-electron chi connectivity index (χ4n) is 4.53. The van der Waals surface area contributed by atoms with Crippen molar-refractivity contribution in [3.63, 3.8) is 0 Å². The minimum atomic E-state index is 0.576. The molecular weight excluding hydrogens is 384 g/mol. The minimum Gasteiger partial charge on any atom is -0.370 e. The van der Waals surface area contributed by atoms with Crippen molar-refractivity contribution in [1.82, 2.24) is 14.6 Å². The summed E-state index contributed by atoms with van der Waals surface area (Å²) in [6, 6.07) is 12.6. The zero-order valence-corrected chi connectivity index (χ0v) is 18.5. The van der Waals surface area contributed by atoms with Crippen LogP contribution in [0.3, 0.4) is 0 Å². The maximum atomic E-state index is 5.60. The van der Waals surface area contributed by atoms with Crippen LogP contribution in [-0.4, -0.2) is 27.7 Å². The molecule has 1 aromatic carbocycles. The van der Waals surface area contributed by atoms with Crippen molar-refractivity contribution in [2.45, 2.75) is 70.3 Å². The first-order valence-corrected chi connectivity index (χ1v) is 12.0. The molecule has 3 aromatic rings. The van der Waals surface area contributed by atoms with Crippen molar-refractivity contribution in [3.05, 3.63) is 53.7 Å². The van der Waals surface area contributed by atoms with E-state index in [0.717, 1.165) is 49.8 Å². The Morgan fingerprint density at radius 2 is 1.77 bits per heavy atom. The van der Waals surface area contributed by atoms with Gasteiger partial charge in [-0.3, -0.25) is 0 Å². The maximum absolute atomic E-state index is 5.60. The molecule has 0 atom stereocenters. The van der Waals surface area contributed by atoms with Gasteiger partial charge in [0.15, 0.2) is 5.65 Å². The Morgan fingerprint density at radius 3 is 2.58 bits per heavy atom. The summed E-state index contributed by atoms with van der Waals surface area (Å²) in [5, 5.41) is 11.9. The van der Waals surface area contributed by atoms with Crippen LogP contribution in [0.25, 0.3) is 5.65 Å². The van der Waals surface area contributed by atoms with Gasteiger partial charge in [0.1, 0.15) is 11.6 Å². The summed E-state index contributed by atoms with van der Waals surface area (Å²) in [6.45, 7) is 2.48. The predicted molar refractivity (Wildman–Crippen MR) is 129 cm³/mol. The number of nitrogens with zero attached hydrogens (tertiary/aromatic N) is 3. The van der Waals surface area contributed by atoms with Crippen LogP contribution in [-0.2, 0) is 6.54 Å². The number of unbranched alkanes of at least 4 members (excludes halogenated alkanes) is 3. The summed E-state index contributed by atoms with van der Waals surface area (Å²) >= 11 is 0. The molecule has 4 rings (SSSR count). The lowest BCUT2D eigenvalue weighted by molar-refractivity contribution is 0.445. The molecule has 2 aromatic heterocycles. The third kappa shape index (κ3) is 5.76. The standard InChI is InChI=1S/C25H36N6/c26-15-9-1-2-10-16-27-23-17-24(28-18-20-11-5-3-6-12-20)31-25(30-23)22(19-29-31)21-13-7-4-8-14-21/h3,5-6,11-12,17,19,21,28H,1-2,4,7-10,13-16,18,26H2,(H,27,30). The van der Waals surface area contributed by atoms with E-state index in [4.69, 9.17) is 15.8 Å². The predicted octanol–water partition coefficient (Wildman–Crippen LogP) is 5.32. The lowest BCUT2D eigenvalue weighted by Crippen LogP contribution is -2.11. The Labute approximate surface area is 185 Å².